The van der Waals surface area contributed by atoms with Crippen molar-refractivity contribution in [3.05, 3.63) is 64.7 Å². The van der Waals surface area contributed by atoms with Crippen molar-refractivity contribution >= 4 is 28.4 Å². The van der Waals surface area contributed by atoms with Crippen molar-refractivity contribution in [2.75, 3.05) is 0 Å². The molecule has 0 saturated carbocycles. The summed E-state index contributed by atoms with van der Waals surface area (Å²) in [5, 5.41) is 4.53. The number of benzene rings is 2. The van der Waals surface area contributed by atoms with E-state index in [1.807, 2.05) is 62.4 Å². The summed E-state index contributed by atoms with van der Waals surface area (Å²) in [5.41, 5.74) is 4.04. The highest BCUT2D eigenvalue weighted by Crippen LogP contribution is 2.30. The van der Waals surface area contributed by atoms with Crippen molar-refractivity contribution in [1.82, 2.24) is 10.3 Å². The van der Waals surface area contributed by atoms with Crippen LogP contribution in [0.1, 0.15) is 36.2 Å². The van der Waals surface area contributed by atoms with Crippen molar-refractivity contribution in [3.63, 3.8) is 0 Å². The molecule has 1 N–H and O–H groups in total. The number of halogens is 1. The molecule has 1 atom stereocenters. The first-order chi connectivity index (χ1) is 12.0. The highest BCUT2D eigenvalue weighted by atomic mass is 35.5. The smallest absolute Gasteiger partial charge is 0.252 e. The van der Waals surface area contributed by atoms with E-state index in [4.69, 9.17) is 16.6 Å². The maximum atomic E-state index is 12.8. The molecule has 0 radical (unpaired) electrons. The van der Waals surface area contributed by atoms with E-state index in [1.165, 1.54) is 0 Å². The fourth-order valence-electron chi connectivity index (χ4n) is 2.74. The van der Waals surface area contributed by atoms with Crippen LogP contribution in [0.5, 0.6) is 0 Å². The number of nitrogens with one attached hydrogen (secondary N) is 1. The molecular formula is C21H21ClN2O. The van der Waals surface area contributed by atoms with E-state index < -0.39 is 0 Å². The van der Waals surface area contributed by atoms with Gasteiger partial charge >= 0.3 is 0 Å². The van der Waals surface area contributed by atoms with Gasteiger partial charge in [0.1, 0.15) is 0 Å². The van der Waals surface area contributed by atoms with Gasteiger partial charge in [-0.1, -0.05) is 48.4 Å². The molecule has 128 valence electrons. The Balaban J connectivity index is 2.20. The van der Waals surface area contributed by atoms with Gasteiger partial charge < -0.3 is 5.32 Å². The summed E-state index contributed by atoms with van der Waals surface area (Å²) >= 11 is 6.33. The topological polar surface area (TPSA) is 42.0 Å². The van der Waals surface area contributed by atoms with Crippen LogP contribution >= 0.6 is 11.6 Å². The molecule has 2 aromatic carbocycles. The molecule has 0 aliphatic heterocycles. The van der Waals surface area contributed by atoms with Gasteiger partial charge in [-0.25, -0.2) is 4.98 Å². The standard InChI is InChI=1S/C21H21ClN2O/c1-4-14(3)23-21(25)17-12-20(15-7-5-6-8-18(15)22)24-19-10-9-13(2)11-16(17)19/h5-12,14H,4H2,1-3H3,(H,23,25)/t14-/m1/s1. The lowest BCUT2D eigenvalue weighted by atomic mass is 10.0. The number of carbonyl (C=O) groups is 1. The minimum Gasteiger partial charge on any atom is -0.350 e. The van der Waals surface area contributed by atoms with Gasteiger partial charge in [0.2, 0.25) is 0 Å². The number of fused-ring (bicyclic) bond motifs is 1. The molecular weight excluding hydrogens is 332 g/mol. The zero-order chi connectivity index (χ0) is 18.0. The Labute approximate surface area is 153 Å². The van der Waals surface area contributed by atoms with Gasteiger partial charge in [0.05, 0.1) is 16.8 Å². The molecule has 0 fully saturated rings. The molecule has 0 unspecified atom stereocenters. The van der Waals surface area contributed by atoms with E-state index in [-0.39, 0.29) is 11.9 Å². The summed E-state index contributed by atoms with van der Waals surface area (Å²) in [6, 6.07) is 15.5. The summed E-state index contributed by atoms with van der Waals surface area (Å²) < 4.78 is 0. The van der Waals surface area contributed by atoms with Crippen LogP contribution in [0.3, 0.4) is 0 Å². The number of nitrogens with zero attached hydrogens (tertiary/aromatic N) is 1. The summed E-state index contributed by atoms with van der Waals surface area (Å²) in [6.45, 7) is 6.06. The van der Waals surface area contributed by atoms with Gasteiger partial charge in [-0.15, -0.1) is 0 Å². The van der Waals surface area contributed by atoms with E-state index in [2.05, 4.69) is 12.2 Å². The van der Waals surface area contributed by atoms with Gasteiger partial charge in [-0.2, -0.15) is 0 Å². The average molecular weight is 353 g/mol. The Morgan fingerprint density at radius 1 is 1.20 bits per heavy atom. The predicted octanol–water partition coefficient (Wildman–Crippen LogP) is 5.39. The van der Waals surface area contributed by atoms with Gasteiger partial charge in [-0.05, 0) is 44.5 Å². The first-order valence-electron chi connectivity index (χ1n) is 8.46. The molecule has 1 amide bonds. The molecule has 3 aromatic rings. The largest absolute Gasteiger partial charge is 0.350 e. The lowest BCUT2D eigenvalue weighted by molar-refractivity contribution is 0.0941. The summed E-state index contributed by atoms with van der Waals surface area (Å²) in [7, 11) is 0. The third-order valence-electron chi connectivity index (χ3n) is 4.35. The molecule has 1 aromatic heterocycles. The third kappa shape index (κ3) is 3.67. The second-order valence-electron chi connectivity index (χ2n) is 6.34. The molecule has 3 nitrogen and oxygen atoms in total. The van der Waals surface area contributed by atoms with Crippen LogP contribution < -0.4 is 5.32 Å². The molecule has 0 aliphatic rings. The Morgan fingerprint density at radius 3 is 2.68 bits per heavy atom. The third-order valence-corrected chi connectivity index (χ3v) is 4.68. The molecule has 3 rings (SSSR count). The molecule has 0 aliphatic carbocycles. The van der Waals surface area contributed by atoms with Gasteiger partial charge in [0.25, 0.3) is 5.91 Å². The second kappa shape index (κ2) is 7.24. The quantitative estimate of drug-likeness (QED) is 0.683. The van der Waals surface area contributed by atoms with E-state index in [1.54, 1.807) is 0 Å². The molecule has 1 heterocycles. The number of hydrogen-bond acceptors (Lipinski definition) is 2. The van der Waals surface area contributed by atoms with Gasteiger partial charge in [0.15, 0.2) is 0 Å². The van der Waals surface area contributed by atoms with E-state index in [0.29, 0.717) is 16.3 Å². The maximum Gasteiger partial charge on any atom is 0.252 e. The van der Waals surface area contributed by atoms with E-state index >= 15 is 0 Å². The van der Waals surface area contributed by atoms with Crippen molar-refractivity contribution in [1.29, 1.82) is 0 Å². The second-order valence-corrected chi connectivity index (χ2v) is 6.75. The fourth-order valence-corrected chi connectivity index (χ4v) is 2.97. The van der Waals surface area contributed by atoms with Crippen LogP contribution in [0.2, 0.25) is 5.02 Å². The number of carbonyl (C=O) groups excluding carboxylic acids is 1. The van der Waals surface area contributed by atoms with Crippen LogP contribution in [0, 0.1) is 6.92 Å². The summed E-state index contributed by atoms with van der Waals surface area (Å²) in [6.07, 6.45) is 0.880. The Morgan fingerprint density at radius 2 is 1.96 bits per heavy atom. The molecule has 0 bridgehead atoms. The summed E-state index contributed by atoms with van der Waals surface area (Å²) in [4.78, 5) is 17.6. The average Bonchev–Trinajstić information content (AvgIpc) is 2.61. The van der Waals surface area contributed by atoms with Crippen LogP contribution in [-0.2, 0) is 0 Å². The summed E-state index contributed by atoms with van der Waals surface area (Å²) in [5.74, 6) is -0.0827. The first kappa shape index (κ1) is 17.4. The first-order valence-corrected chi connectivity index (χ1v) is 8.84. The van der Waals surface area contributed by atoms with Crippen molar-refractivity contribution in [2.24, 2.45) is 0 Å². The van der Waals surface area contributed by atoms with E-state index in [0.717, 1.165) is 28.5 Å². The SMILES string of the molecule is CC[C@@H](C)NC(=O)c1cc(-c2ccccc2Cl)nc2ccc(C)cc12. The Hall–Kier alpha value is -2.39. The lowest BCUT2D eigenvalue weighted by Gasteiger charge is -2.15. The van der Waals surface area contributed by atoms with Gasteiger partial charge in [-0.3, -0.25) is 4.79 Å². The molecule has 25 heavy (non-hydrogen) atoms. The monoisotopic (exact) mass is 352 g/mol. The number of pyridine rings is 1. The normalized spacial score (nSPS) is 12.2. The van der Waals surface area contributed by atoms with Crippen LogP contribution in [0.25, 0.3) is 22.2 Å². The van der Waals surface area contributed by atoms with Crippen molar-refractivity contribution < 1.29 is 4.79 Å². The van der Waals surface area contributed by atoms with Crippen molar-refractivity contribution in [3.8, 4) is 11.3 Å². The fraction of sp³-hybridized carbons (Fsp3) is 0.238. The van der Waals surface area contributed by atoms with Crippen molar-refractivity contribution in [2.45, 2.75) is 33.2 Å². The highest BCUT2D eigenvalue weighted by Gasteiger charge is 2.16. The van der Waals surface area contributed by atoms with Gasteiger partial charge in [0, 0.05) is 22.0 Å². The minimum atomic E-state index is -0.0827. The number of aromatic nitrogens is 1. The van der Waals surface area contributed by atoms with Crippen LogP contribution in [0.15, 0.2) is 48.5 Å². The molecule has 4 heteroatoms. The lowest BCUT2D eigenvalue weighted by Crippen LogP contribution is -2.32. The minimum absolute atomic E-state index is 0.0827. The number of aryl methyl sites for hydroxylation is 1. The maximum absolute atomic E-state index is 12.8. The van der Waals surface area contributed by atoms with Crippen LogP contribution in [0.4, 0.5) is 0 Å². The van der Waals surface area contributed by atoms with E-state index in [9.17, 15) is 4.79 Å². The number of amides is 1. The number of hydrogen-bond donors (Lipinski definition) is 1. The Kier molecular flexibility index (Phi) is 5.05. The zero-order valence-electron chi connectivity index (χ0n) is 14.6. The molecule has 0 saturated heterocycles. The number of rotatable bonds is 4. The predicted molar refractivity (Wildman–Crippen MR) is 104 cm³/mol. The van der Waals surface area contributed by atoms with Crippen LogP contribution in [-0.4, -0.2) is 16.9 Å². The molecule has 0 spiro atoms. The zero-order valence-corrected chi connectivity index (χ0v) is 15.4. The Bertz CT molecular complexity index is 936. The highest BCUT2D eigenvalue weighted by molar-refractivity contribution is 6.33.